The van der Waals surface area contributed by atoms with Gasteiger partial charge in [-0.25, -0.2) is 28.4 Å². The Hall–Kier alpha value is -8.14. The molecule has 0 amide bonds. The van der Waals surface area contributed by atoms with Crippen LogP contribution in [-0.2, 0) is 21.4 Å². The largest absolute Gasteiger partial charge is 0.493 e. The fourth-order valence-electron chi connectivity index (χ4n) is 10.5. The number of aryl methyl sites for hydroxylation is 3. The number of ether oxygens (including phenoxy) is 2. The molecule has 3 aromatic heterocycles. The molecular weight excluding hydrogens is 1080 g/mol. The van der Waals surface area contributed by atoms with Crippen molar-refractivity contribution in [2.45, 2.75) is 146 Å². The minimum atomic E-state index is -4.23. The molecule has 2 aliphatic heterocycles. The number of para-hydroxylation sites is 2. The van der Waals surface area contributed by atoms with E-state index in [9.17, 15) is 13.7 Å². The summed E-state index contributed by atoms with van der Waals surface area (Å²) < 4.78 is 51.3. The van der Waals surface area contributed by atoms with Crippen LogP contribution in [-0.4, -0.2) is 89.7 Å². The summed E-state index contributed by atoms with van der Waals surface area (Å²) in [6.07, 6.45) is 15.9. The summed E-state index contributed by atoms with van der Waals surface area (Å²) in [6, 6.07) is 34.8. The van der Waals surface area contributed by atoms with E-state index in [0.29, 0.717) is 36.2 Å². The lowest BCUT2D eigenvalue weighted by Gasteiger charge is -2.21. The van der Waals surface area contributed by atoms with Gasteiger partial charge in [0.15, 0.2) is 34.0 Å². The minimum absolute atomic E-state index is 0.0170. The zero-order chi connectivity index (χ0) is 60.3. The highest BCUT2D eigenvalue weighted by molar-refractivity contribution is 7.97. The Morgan fingerprint density at radius 2 is 1.25 bits per heavy atom. The Balaban J connectivity index is 0.000000221. The molecule has 0 radical (unpaired) electrons. The van der Waals surface area contributed by atoms with E-state index >= 15 is 0 Å². The molecule has 0 atom stereocenters. The van der Waals surface area contributed by atoms with Crippen LogP contribution in [0.3, 0.4) is 0 Å². The number of fused-ring (bicyclic) bond motifs is 2. The van der Waals surface area contributed by atoms with E-state index in [-0.39, 0.29) is 28.7 Å². The lowest BCUT2D eigenvalue weighted by atomic mass is 10.1. The van der Waals surface area contributed by atoms with Crippen LogP contribution in [0.1, 0.15) is 153 Å². The van der Waals surface area contributed by atoms with Crippen LogP contribution in [0.15, 0.2) is 134 Å². The molecule has 9 rings (SSSR count). The summed E-state index contributed by atoms with van der Waals surface area (Å²) in [7, 11) is -4.23. The van der Waals surface area contributed by atoms with Gasteiger partial charge in [0.2, 0.25) is 0 Å². The third kappa shape index (κ3) is 15.4. The number of allylic oxidation sites excluding steroid dienone is 2. The van der Waals surface area contributed by atoms with E-state index in [1.807, 2.05) is 67.1 Å². The molecule has 0 unspecified atom stereocenters. The molecule has 17 nitrogen and oxygen atoms in total. The van der Waals surface area contributed by atoms with E-state index in [2.05, 4.69) is 103 Å². The Kier molecular flexibility index (Phi) is 22.6. The number of rotatable bonds is 30. The van der Waals surface area contributed by atoms with E-state index in [1.54, 1.807) is 36.6 Å². The Bertz CT molecular complexity index is 3620. The number of sulfonamides is 1. The average Bonchev–Trinajstić information content (AvgIpc) is 2.33. The fourth-order valence-corrected chi connectivity index (χ4v) is 11.9. The predicted molar refractivity (Wildman–Crippen MR) is 345 cm³/mol. The van der Waals surface area contributed by atoms with Gasteiger partial charge in [0.25, 0.3) is 10.0 Å². The summed E-state index contributed by atoms with van der Waals surface area (Å²) in [6.45, 7) is 24.1. The first-order chi connectivity index (χ1) is 41.4. The highest BCUT2D eigenvalue weighted by atomic mass is 32.2. The topological polar surface area (TPSA) is 194 Å². The maximum atomic E-state index is 13.8. The smallest absolute Gasteiger partial charge is 0.267 e. The second kappa shape index (κ2) is 30.6. The van der Waals surface area contributed by atoms with Crippen molar-refractivity contribution in [1.29, 1.82) is 5.26 Å². The Morgan fingerprint density at radius 1 is 0.659 bits per heavy atom. The highest BCUT2D eigenvalue weighted by Gasteiger charge is 2.40. The van der Waals surface area contributed by atoms with Crippen molar-refractivity contribution >= 4 is 67.2 Å². The molecule has 0 fully saturated rings. The molecule has 0 saturated heterocycles. The molecule has 448 valence electrons. The lowest BCUT2D eigenvalue weighted by molar-refractivity contribution is 0.111. The summed E-state index contributed by atoms with van der Waals surface area (Å²) in [5, 5.41) is 19.6. The highest BCUT2D eigenvalue weighted by Crippen LogP contribution is 2.40. The molecule has 85 heavy (non-hydrogen) atoms. The van der Waals surface area contributed by atoms with Gasteiger partial charge in [-0.05, 0) is 145 Å². The van der Waals surface area contributed by atoms with Gasteiger partial charge >= 0.3 is 0 Å². The number of nitriles is 1. The standard InChI is InChI=1S/C35H43N5O2.C32H41N7O3S/c1-6-9-10-11-12-15-22-41-30-18-14-13-17-28(30)33-35(36-29-21-20-27(24-25(29)4)39(7-2)8-3)40-34(37-33)32(26(5)38-40)31-19-16-23-42-31;1-5-8-9-10-11-15-20-42-23-29-35-31-27(22-33)30(43(40,41)37-25-16-13-12-14-17-25)32(39(31)36-29)34-28-19-18-26(21-24(28)4)38(6-2)7-3/h13-14,16-21,23-24H,6-12,15,22H2,1-5H3;12-14,16-19,21,37H,5-11,15,20,23H2,1-4H3. The van der Waals surface area contributed by atoms with Gasteiger partial charge in [-0.1, -0.05) is 108 Å². The molecule has 0 saturated carbocycles. The lowest BCUT2D eigenvalue weighted by Crippen LogP contribution is -2.24. The number of anilines is 3. The van der Waals surface area contributed by atoms with Crippen LogP contribution in [0.4, 0.5) is 34.3 Å². The van der Waals surface area contributed by atoms with Gasteiger partial charge in [0.1, 0.15) is 35.5 Å². The van der Waals surface area contributed by atoms with E-state index in [0.717, 1.165) is 108 Å². The van der Waals surface area contributed by atoms with Crippen molar-refractivity contribution in [2.24, 2.45) is 15.0 Å². The molecule has 0 spiro atoms. The quantitative estimate of drug-likeness (QED) is 0.0421. The van der Waals surface area contributed by atoms with Crippen LogP contribution in [0.2, 0.25) is 0 Å². The Morgan fingerprint density at radius 3 is 1.84 bits per heavy atom. The molecule has 2 aliphatic rings. The molecule has 7 aromatic rings. The zero-order valence-corrected chi connectivity index (χ0v) is 52.0. The van der Waals surface area contributed by atoms with Gasteiger partial charge < -0.3 is 23.7 Å². The van der Waals surface area contributed by atoms with Crippen LogP contribution in [0.25, 0.3) is 16.9 Å². The summed E-state index contributed by atoms with van der Waals surface area (Å²) in [4.78, 5) is 24.0. The second-order valence-electron chi connectivity index (χ2n) is 21.3. The van der Waals surface area contributed by atoms with Crippen molar-refractivity contribution < 1.29 is 22.3 Å². The SMILES string of the molecule is CCCCCCCCOCc1nc2n(n1)C(=Nc1ccc(N(CC)CC)cc1C)C(S(=O)(=O)Nc1ccccc1)=C2C#N.CCCCCCCCOc1ccccc1C1=Nc2c(-c3ccco3)c(C)nn2C1=Nc1ccc(N(CC)CC)cc1C. The average molecular weight is 1170 g/mol. The van der Waals surface area contributed by atoms with E-state index < -0.39 is 10.0 Å². The molecule has 18 heteroatoms. The summed E-state index contributed by atoms with van der Waals surface area (Å²) >= 11 is 0. The van der Waals surface area contributed by atoms with Gasteiger partial charge in [-0.15, -0.1) is 5.10 Å². The van der Waals surface area contributed by atoms with E-state index in [4.69, 9.17) is 34.0 Å². The number of hydrogen-bond acceptors (Lipinski definition) is 14. The number of aromatic nitrogens is 5. The van der Waals surface area contributed by atoms with Crippen molar-refractivity contribution in [3.63, 3.8) is 0 Å². The van der Waals surface area contributed by atoms with Gasteiger partial charge in [-0.3, -0.25) is 4.72 Å². The molecule has 0 bridgehead atoms. The summed E-state index contributed by atoms with van der Waals surface area (Å²) in [5.41, 5.74) is 9.30. The number of aliphatic imine (C=N–C) groups is 3. The number of unbranched alkanes of at least 4 members (excludes halogenated alkanes) is 10. The number of benzene rings is 4. The number of nitrogens with one attached hydrogen (secondary N) is 1. The maximum Gasteiger partial charge on any atom is 0.267 e. The van der Waals surface area contributed by atoms with Crippen molar-refractivity contribution in [2.75, 3.05) is 53.9 Å². The maximum absolute atomic E-state index is 13.8. The molecule has 0 aliphatic carbocycles. The molecule has 1 N–H and O–H groups in total. The van der Waals surface area contributed by atoms with Crippen LogP contribution >= 0.6 is 0 Å². The first-order valence-electron chi connectivity index (χ1n) is 30.5. The number of nitrogens with zero attached hydrogens (tertiary/aromatic N) is 11. The van der Waals surface area contributed by atoms with E-state index in [1.165, 1.54) is 68.2 Å². The second-order valence-corrected chi connectivity index (χ2v) is 22.9. The van der Waals surface area contributed by atoms with Crippen LogP contribution in [0.5, 0.6) is 5.75 Å². The third-order valence-corrected chi connectivity index (χ3v) is 16.6. The molecule has 4 aromatic carbocycles. The van der Waals surface area contributed by atoms with Crippen molar-refractivity contribution in [1.82, 2.24) is 24.5 Å². The monoisotopic (exact) mass is 1170 g/mol. The van der Waals surface area contributed by atoms with Gasteiger partial charge in [-0.2, -0.15) is 19.7 Å². The van der Waals surface area contributed by atoms with Crippen LogP contribution < -0.4 is 19.3 Å². The van der Waals surface area contributed by atoms with Crippen LogP contribution in [0, 0.1) is 32.1 Å². The Labute approximate surface area is 503 Å². The normalized spacial score (nSPS) is 13.6. The van der Waals surface area contributed by atoms with Crippen molar-refractivity contribution in [3.05, 3.63) is 148 Å². The molecular formula is C67H84N12O5S. The molecule has 5 heterocycles. The van der Waals surface area contributed by atoms with Gasteiger partial charge in [0.05, 0.1) is 35.5 Å². The first-order valence-corrected chi connectivity index (χ1v) is 32.0. The summed E-state index contributed by atoms with van der Waals surface area (Å²) in [5.74, 6) is 3.47. The predicted octanol–water partition coefficient (Wildman–Crippen LogP) is 15.6. The number of furan rings is 1. The fraction of sp³-hybridized carbons (Fsp3) is 0.418. The minimum Gasteiger partial charge on any atom is -0.493 e. The zero-order valence-electron chi connectivity index (χ0n) is 51.2. The van der Waals surface area contributed by atoms with Crippen molar-refractivity contribution in [3.8, 4) is 23.1 Å². The third-order valence-electron chi connectivity index (χ3n) is 15.2. The van der Waals surface area contributed by atoms with Gasteiger partial charge in [0, 0.05) is 55.4 Å². The first kappa shape index (κ1) is 62.9. The number of hydrogen-bond donors (Lipinski definition) is 1.